The van der Waals surface area contributed by atoms with E-state index in [9.17, 15) is 0 Å². The Kier molecular flexibility index (Phi) is 8.69. The minimum Gasteiger partial charge on any atom is -0.310 e. The Hall–Kier alpha value is -7.46. The van der Waals surface area contributed by atoms with Crippen molar-refractivity contribution >= 4 is 68.9 Å². The molecule has 0 heterocycles. The molecule has 0 radical (unpaired) electrons. The number of para-hydroxylation sites is 2. The molecule has 12 rings (SSSR count). The van der Waals surface area contributed by atoms with Gasteiger partial charge in [-0.25, -0.2) is 0 Å². The molecule has 10 aromatic carbocycles. The molecule has 3 heteroatoms. The molecule has 2 aliphatic rings. The molecule has 0 fully saturated rings. The molecular formula is C61H48N2Si. The zero-order chi connectivity index (χ0) is 43.2. The van der Waals surface area contributed by atoms with Crippen LogP contribution in [0.1, 0.15) is 27.8 Å². The number of anilines is 6. The number of nitrogens with zero attached hydrogens (tertiary/aromatic N) is 2. The van der Waals surface area contributed by atoms with Gasteiger partial charge in [-0.05, 0) is 152 Å². The van der Waals surface area contributed by atoms with Crippen LogP contribution in [0.15, 0.2) is 218 Å². The van der Waals surface area contributed by atoms with E-state index in [4.69, 9.17) is 0 Å². The van der Waals surface area contributed by atoms with Gasteiger partial charge in [-0.1, -0.05) is 164 Å². The predicted octanol–water partition coefficient (Wildman–Crippen LogP) is 16.1. The molecule has 0 bridgehead atoms. The number of hydrogen-bond acceptors (Lipinski definition) is 2. The average molecular weight is 837 g/mol. The van der Waals surface area contributed by atoms with Gasteiger partial charge < -0.3 is 9.80 Å². The van der Waals surface area contributed by atoms with Crippen molar-refractivity contribution < 1.29 is 0 Å². The van der Waals surface area contributed by atoms with Crippen LogP contribution in [0.3, 0.4) is 0 Å². The fourth-order valence-electron chi connectivity index (χ4n) is 10.9. The average Bonchev–Trinajstić information content (AvgIpc) is 3.78. The van der Waals surface area contributed by atoms with Gasteiger partial charge in [-0.15, -0.1) is 0 Å². The first-order chi connectivity index (χ1) is 31.3. The first-order valence-corrected chi connectivity index (χ1v) is 26.0. The fraction of sp³-hybridized carbons (Fsp3) is 0.0820. The second-order valence-electron chi connectivity index (χ2n) is 18.6. The van der Waals surface area contributed by atoms with E-state index in [2.05, 4.69) is 255 Å². The van der Waals surface area contributed by atoms with E-state index >= 15 is 0 Å². The third-order valence-electron chi connectivity index (χ3n) is 13.8. The molecule has 0 atom stereocenters. The van der Waals surface area contributed by atoms with Crippen LogP contribution in [0.5, 0.6) is 0 Å². The van der Waals surface area contributed by atoms with Gasteiger partial charge in [0, 0.05) is 33.8 Å². The predicted molar refractivity (Wildman–Crippen MR) is 275 cm³/mol. The van der Waals surface area contributed by atoms with Gasteiger partial charge >= 0.3 is 0 Å². The lowest BCUT2D eigenvalue weighted by Crippen LogP contribution is -2.37. The summed E-state index contributed by atoms with van der Waals surface area (Å²) >= 11 is 0. The molecule has 0 saturated heterocycles. The molecule has 306 valence electrons. The molecular weight excluding hydrogens is 789 g/mol. The Morgan fingerprint density at radius 3 is 1.59 bits per heavy atom. The Morgan fingerprint density at radius 1 is 0.359 bits per heavy atom. The summed E-state index contributed by atoms with van der Waals surface area (Å²) in [6.45, 7) is 9.49. The summed E-state index contributed by atoms with van der Waals surface area (Å²) in [5, 5.41) is 6.39. The number of aryl methyl sites for hydroxylation is 1. The van der Waals surface area contributed by atoms with Crippen LogP contribution < -0.4 is 15.0 Å². The molecule has 0 saturated carbocycles. The molecule has 10 aromatic rings. The highest BCUT2D eigenvalue weighted by atomic mass is 28.3. The van der Waals surface area contributed by atoms with Gasteiger partial charge in [0.15, 0.2) is 0 Å². The summed E-state index contributed by atoms with van der Waals surface area (Å²) in [7, 11) is -1.64. The van der Waals surface area contributed by atoms with Crippen LogP contribution in [-0.2, 0) is 5.41 Å². The summed E-state index contributed by atoms with van der Waals surface area (Å²) in [6.07, 6.45) is 0. The van der Waals surface area contributed by atoms with Crippen LogP contribution in [-0.4, -0.2) is 8.07 Å². The minimum absolute atomic E-state index is 0.557. The van der Waals surface area contributed by atoms with Crippen LogP contribution >= 0.6 is 0 Å². The van der Waals surface area contributed by atoms with E-state index < -0.39 is 13.5 Å². The normalized spacial score (nSPS) is 13.1. The molecule has 2 nitrogen and oxygen atoms in total. The maximum absolute atomic E-state index is 2.57. The minimum atomic E-state index is -1.64. The monoisotopic (exact) mass is 836 g/mol. The highest BCUT2D eigenvalue weighted by Gasteiger charge is 2.52. The van der Waals surface area contributed by atoms with Crippen LogP contribution in [0.4, 0.5) is 34.1 Å². The number of rotatable bonds is 7. The molecule has 0 N–H and O–H groups in total. The molecule has 0 aromatic heterocycles. The largest absolute Gasteiger partial charge is 0.310 e. The molecule has 0 unspecified atom stereocenters. The van der Waals surface area contributed by atoms with Crippen molar-refractivity contribution in [2.75, 3.05) is 9.80 Å². The van der Waals surface area contributed by atoms with Gasteiger partial charge in [-0.3, -0.25) is 0 Å². The first kappa shape index (κ1) is 38.2. The zero-order valence-electron chi connectivity index (χ0n) is 36.7. The Labute approximate surface area is 377 Å². The Bertz CT molecular complexity index is 3410. The summed E-state index contributed by atoms with van der Waals surface area (Å²) in [4.78, 5) is 4.90. The SMILES string of the molecule is Cc1cccc(N(c2ccccc2)c2ccc3cc4c(cc3c2)C2(c3ccccc3-c3ccccc32)c2cc(N(c3ccccc3)c3cccc([Si](C)(C)C)c3)c3ccccc3c2-4)c1. The summed E-state index contributed by atoms with van der Waals surface area (Å²) in [5.41, 5.74) is 18.2. The molecule has 0 aliphatic heterocycles. The molecule has 0 amide bonds. The van der Waals surface area contributed by atoms with Gasteiger partial charge in [0.25, 0.3) is 0 Å². The smallest absolute Gasteiger partial charge is 0.0776 e. The van der Waals surface area contributed by atoms with E-state index in [0.717, 1.165) is 22.7 Å². The summed E-state index contributed by atoms with van der Waals surface area (Å²) in [6, 6.07) is 82.0. The lowest BCUT2D eigenvalue weighted by Gasteiger charge is -2.33. The van der Waals surface area contributed by atoms with E-state index in [1.54, 1.807) is 0 Å². The number of fused-ring (bicyclic) bond motifs is 13. The van der Waals surface area contributed by atoms with Gasteiger partial charge in [0.1, 0.15) is 0 Å². The van der Waals surface area contributed by atoms with Gasteiger partial charge in [0.05, 0.1) is 19.2 Å². The highest BCUT2D eigenvalue weighted by Crippen LogP contribution is 2.65. The van der Waals surface area contributed by atoms with Crippen molar-refractivity contribution in [3.05, 3.63) is 246 Å². The quantitative estimate of drug-likeness (QED) is 0.148. The van der Waals surface area contributed by atoms with Crippen molar-refractivity contribution in [2.45, 2.75) is 32.0 Å². The molecule has 2 aliphatic carbocycles. The van der Waals surface area contributed by atoms with Gasteiger partial charge in [0.2, 0.25) is 0 Å². The third kappa shape index (κ3) is 5.77. The summed E-state index contributed by atoms with van der Waals surface area (Å²) < 4.78 is 0. The van der Waals surface area contributed by atoms with Crippen LogP contribution in [0.25, 0.3) is 43.8 Å². The zero-order valence-corrected chi connectivity index (χ0v) is 37.7. The third-order valence-corrected chi connectivity index (χ3v) is 15.8. The van der Waals surface area contributed by atoms with Crippen molar-refractivity contribution in [1.82, 2.24) is 0 Å². The maximum Gasteiger partial charge on any atom is 0.0776 e. The number of benzene rings is 10. The van der Waals surface area contributed by atoms with Gasteiger partial charge in [-0.2, -0.15) is 0 Å². The second kappa shape index (κ2) is 14.6. The lowest BCUT2D eigenvalue weighted by atomic mass is 9.70. The van der Waals surface area contributed by atoms with E-state index in [1.807, 2.05) is 0 Å². The van der Waals surface area contributed by atoms with E-state index in [-0.39, 0.29) is 0 Å². The molecule has 64 heavy (non-hydrogen) atoms. The second-order valence-corrected chi connectivity index (χ2v) is 23.7. The first-order valence-electron chi connectivity index (χ1n) is 22.5. The van der Waals surface area contributed by atoms with Crippen LogP contribution in [0, 0.1) is 6.92 Å². The topological polar surface area (TPSA) is 6.48 Å². The summed E-state index contributed by atoms with van der Waals surface area (Å²) in [5.74, 6) is 0. The number of hydrogen-bond donors (Lipinski definition) is 0. The standard InChI is InChI=1S/C61H48N2Si/c1-41-19-17-24-46(35-41)62(44-20-7-5-8-21-44)48-34-33-42-37-54-57(38-43(42)36-48)61(55-31-15-13-27-50(55)51-28-14-16-32-56(51)61)58-40-59(52-29-11-12-30-53(52)60(54)58)63(45-22-9-6-10-23-45)47-25-18-26-49(39-47)64(2,3)4/h5-40H,1-4H3. The molecule has 1 spiro atoms. The lowest BCUT2D eigenvalue weighted by molar-refractivity contribution is 0.795. The Morgan fingerprint density at radius 2 is 0.922 bits per heavy atom. The van der Waals surface area contributed by atoms with Crippen molar-refractivity contribution in [3.8, 4) is 22.3 Å². The Balaban J connectivity index is 1.17. The van der Waals surface area contributed by atoms with E-state index in [0.29, 0.717) is 0 Å². The van der Waals surface area contributed by atoms with Crippen molar-refractivity contribution in [3.63, 3.8) is 0 Å². The maximum atomic E-state index is 2.57. The highest BCUT2D eigenvalue weighted by molar-refractivity contribution is 6.88. The van der Waals surface area contributed by atoms with Crippen molar-refractivity contribution in [2.24, 2.45) is 0 Å². The van der Waals surface area contributed by atoms with E-state index in [1.165, 1.54) is 88.2 Å². The van der Waals surface area contributed by atoms with Crippen LogP contribution in [0.2, 0.25) is 19.6 Å². The fourth-order valence-corrected chi connectivity index (χ4v) is 12.1. The van der Waals surface area contributed by atoms with Crippen molar-refractivity contribution in [1.29, 1.82) is 0 Å².